The fourth-order valence-corrected chi connectivity index (χ4v) is 3.03. The Morgan fingerprint density at radius 2 is 1.83 bits per heavy atom. The number of ether oxygens (including phenoxy) is 1. The van der Waals surface area contributed by atoms with Crippen LogP contribution in [0.15, 0.2) is 48.5 Å². The van der Waals surface area contributed by atoms with E-state index in [1.165, 1.54) is 16.9 Å². The van der Waals surface area contributed by atoms with Gasteiger partial charge in [-0.1, -0.05) is 24.3 Å². The Labute approximate surface area is 138 Å². The number of nitrogens with zero attached hydrogens (tertiary/aromatic N) is 2. The predicted octanol–water partition coefficient (Wildman–Crippen LogP) is 2.74. The topological polar surface area (TPSA) is 27.7 Å². The van der Waals surface area contributed by atoms with Gasteiger partial charge in [0.1, 0.15) is 5.75 Å². The molecule has 0 bridgehead atoms. The first-order chi connectivity index (χ1) is 11.3. The molecule has 2 aromatic carbocycles. The Morgan fingerprint density at radius 1 is 1.09 bits per heavy atom. The van der Waals surface area contributed by atoms with Crippen molar-refractivity contribution in [1.82, 2.24) is 5.32 Å². The van der Waals surface area contributed by atoms with Gasteiger partial charge in [0, 0.05) is 45.5 Å². The smallest absolute Gasteiger partial charge is 0.142 e. The number of piperazine rings is 1. The number of rotatable bonds is 5. The first kappa shape index (κ1) is 15.7. The van der Waals surface area contributed by atoms with E-state index in [9.17, 15) is 0 Å². The average Bonchev–Trinajstić information content (AvgIpc) is 2.63. The van der Waals surface area contributed by atoms with Gasteiger partial charge >= 0.3 is 0 Å². The van der Waals surface area contributed by atoms with E-state index in [1.54, 1.807) is 7.11 Å². The van der Waals surface area contributed by atoms with E-state index in [0.29, 0.717) is 0 Å². The maximum Gasteiger partial charge on any atom is 0.142 e. The minimum Gasteiger partial charge on any atom is -0.495 e. The first-order valence-corrected chi connectivity index (χ1v) is 8.16. The van der Waals surface area contributed by atoms with Gasteiger partial charge in [-0.05, 0) is 29.8 Å². The molecule has 1 fully saturated rings. The highest BCUT2D eigenvalue weighted by atomic mass is 16.5. The summed E-state index contributed by atoms with van der Waals surface area (Å²) in [6.45, 7) is 4.98. The summed E-state index contributed by atoms with van der Waals surface area (Å²) in [4.78, 5) is 4.64. The fraction of sp³-hybridized carbons (Fsp3) is 0.368. The molecular formula is C19H25N3O. The Morgan fingerprint density at radius 3 is 2.52 bits per heavy atom. The normalized spacial score (nSPS) is 14.6. The minimum atomic E-state index is 0.863. The number of anilines is 2. The van der Waals surface area contributed by atoms with Gasteiger partial charge in [0.2, 0.25) is 0 Å². The lowest BCUT2D eigenvalue weighted by Crippen LogP contribution is -2.43. The maximum atomic E-state index is 5.65. The molecule has 0 saturated carbocycles. The molecule has 1 heterocycles. The fourth-order valence-electron chi connectivity index (χ4n) is 3.03. The van der Waals surface area contributed by atoms with Gasteiger partial charge in [0.05, 0.1) is 12.8 Å². The summed E-state index contributed by atoms with van der Waals surface area (Å²) in [6.07, 6.45) is 0. The number of hydrogen-bond donors (Lipinski definition) is 1. The Balaban J connectivity index is 1.76. The molecular weight excluding hydrogens is 286 g/mol. The van der Waals surface area contributed by atoms with Crippen molar-refractivity contribution in [3.8, 4) is 5.75 Å². The van der Waals surface area contributed by atoms with E-state index in [2.05, 4.69) is 64.6 Å². The summed E-state index contributed by atoms with van der Waals surface area (Å²) >= 11 is 0. The van der Waals surface area contributed by atoms with Gasteiger partial charge < -0.3 is 19.9 Å². The molecule has 4 nitrogen and oxygen atoms in total. The molecule has 0 spiro atoms. The molecule has 0 radical (unpaired) electrons. The third-order valence-electron chi connectivity index (χ3n) is 4.32. The van der Waals surface area contributed by atoms with Crippen LogP contribution >= 0.6 is 0 Å². The van der Waals surface area contributed by atoms with Gasteiger partial charge in [-0.2, -0.15) is 0 Å². The summed E-state index contributed by atoms with van der Waals surface area (Å²) in [5.74, 6) is 0.964. The second-order valence-corrected chi connectivity index (χ2v) is 5.93. The lowest BCUT2D eigenvalue weighted by molar-refractivity contribution is 0.412. The summed E-state index contributed by atoms with van der Waals surface area (Å²) in [7, 11) is 3.87. The van der Waals surface area contributed by atoms with Crippen LogP contribution in [-0.2, 0) is 6.54 Å². The van der Waals surface area contributed by atoms with E-state index < -0.39 is 0 Å². The number of para-hydroxylation sites is 1. The second kappa shape index (κ2) is 7.38. The molecule has 1 saturated heterocycles. The Bertz CT molecular complexity index is 624. The van der Waals surface area contributed by atoms with Crippen LogP contribution < -0.4 is 19.9 Å². The maximum absolute atomic E-state index is 5.65. The molecule has 23 heavy (non-hydrogen) atoms. The second-order valence-electron chi connectivity index (χ2n) is 5.93. The van der Waals surface area contributed by atoms with Gasteiger partial charge in [0.15, 0.2) is 0 Å². The van der Waals surface area contributed by atoms with Crippen LogP contribution in [-0.4, -0.2) is 40.3 Å². The van der Waals surface area contributed by atoms with Gasteiger partial charge in [-0.25, -0.2) is 0 Å². The quantitative estimate of drug-likeness (QED) is 0.919. The van der Waals surface area contributed by atoms with E-state index >= 15 is 0 Å². The van der Waals surface area contributed by atoms with Crippen molar-refractivity contribution in [3.05, 3.63) is 54.1 Å². The molecule has 122 valence electrons. The van der Waals surface area contributed by atoms with Gasteiger partial charge in [-0.15, -0.1) is 0 Å². The zero-order chi connectivity index (χ0) is 16.1. The summed E-state index contributed by atoms with van der Waals surface area (Å²) in [5.41, 5.74) is 3.67. The number of benzene rings is 2. The highest BCUT2D eigenvalue weighted by Gasteiger charge is 2.15. The zero-order valence-corrected chi connectivity index (χ0v) is 14.0. The third kappa shape index (κ3) is 3.77. The Hall–Kier alpha value is -2.20. The molecule has 0 amide bonds. The molecule has 1 aliphatic heterocycles. The molecule has 3 rings (SSSR count). The average molecular weight is 311 g/mol. The molecule has 2 aromatic rings. The van der Waals surface area contributed by atoms with Crippen LogP contribution in [0, 0.1) is 0 Å². The van der Waals surface area contributed by atoms with Crippen LogP contribution in [0.1, 0.15) is 5.56 Å². The largest absolute Gasteiger partial charge is 0.495 e. The van der Waals surface area contributed by atoms with E-state index in [-0.39, 0.29) is 0 Å². The SMILES string of the molecule is COc1cc(CN(C)c2ccccc2)ccc1N1CCNCC1. The third-order valence-corrected chi connectivity index (χ3v) is 4.32. The summed E-state index contributed by atoms with van der Waals surface area (Å²) in [6, 6.07) is 17.0. The number of hydrogen-bond acceptors (Lipinski definition) is 4. The lowest BCUT2D eigenvalue weighted by Gasteiger charge is -2.31. The van der Waals surface area contributed by atoms with E-state index in [4.69, 9.17) is 4.74 Å². The highest BCUT2D eigenvalue weighted by Crippen LogP contribution is 2.30. The van der Waals surface area contributed by atoms with Crippen molar-refractivity contribution in [1.29, 1.82) is 0 Å². The van der Waals surface area contributed by atoms with Crippen molar-refractivity contribution in [2.24, 2.45) is 0 Å². The molecule has 0 aliphatic carbocycles. The molecule has 1 N–H and O–H groups in total. The van der Waals surface area contributed by atoms with Gasteiger partial charge in [-0.3, -0.25) is 0 Å². The van der Waals surface area contributed by atoms with Crippen LogP contribution in [0.2, 0.25) is 0 Å². The summed E-state index contributed by atoms with van der Waals surface area (Å²) < 4.78 is 5.65. The first-order valence-electron chi connectivity index (χ1n) is 8.16. The van der Waals surface area contributed by atoms with Crippen molar-refractivity contribution < 1.29 is 4.74 Å². The van der Waals surface area contributed by atoms with Crippen LogP contribution in [0.3, 0.4) is 0 Å². The monoisotopic (exact) mass is 311 g/mol. The van der Waals surface area contributed by atoms with Crippen LogP contribution in [0.4, 0.5) is 11.4 Å². The van der Waals surface area contributed by atoms with Gasteiger partial charge in [0.25, 0.3) is 0 Å². The molecule has 1 aliphatic rings. The Kier molecular flexibility index (Phi) is 5.03. The molecule has 0 atom stereocenters. The van der Waals surface area contributed by atoms with Crippen molar-refractivity contribution >= 4 is 11.4 Å². The summed E-state index contributed by atoms with van der Waals surface area (Å²) in [5, 5.41) is 3.39. The molecule has 0 unspecified atom stereocenters. The lowest BCUT2D eigenvalue weighted by atomic mass is 10.1. The molecule has 0 aromatic heterocycles. The van der Waals surface area contributed by atoms with Crippen molar-refractivity contribution in [2.45, 2.75) is 6.54 Å². The zero-order valence-electron chi connectivity index (χ0n) is 14.0. The standard InChI is InChI=1S/C19H25N3O/c1-21(17-6-4-3-5-7-17)15-16-8-9-18(19(14-16)23-2)22-12-10-20-11-13-22/h3-9,14,20H,10-13,15H2,1-2H3. The number of nitrogens with one attached hydrogen (secondary N) is 1. The molecule has 4 heteroatoms. The van der Waals surface area contributed by atoms with Crippen molar-refractivity contribution in [2.75, 3.05) is 50.1 Å². The van der Waals surface area contributed by atoms with Crippen molar-refractivity contribution in [3.63, 3.8) is 0 Å². The minimum absolute atomic E-state index is 0.863. The van der Waals surface area contributed by atoms with E-state index in [0.717, 1.165) is 38.5 Å². The van der Waals surface area contributed by atoms with E-state index in [1.807, 2.05) is 6.07 Å². The number of methoxy groups -OCH3 is 1. The highest BCUT2D eigenvalue weighted by molar-refractivity contribution is 5.60. The van der Waals surface area contributed by atoms with Crippen LogP contribution in [0.25, 0.3) is 0 Å². The van der Waals surface area contributed by atoms with Crippen LogP contribution in [0.5, 0.6) is 5.75 Å². The predicted molar refractivity (Wildman–Crippen MR) is 96.6 cm³/mol.